The van der Waals surface area contributed by atoms with Gasteiger partial charge in [0.05, 0.1) is 10.6 Å². The van der Waals surface area contributed by atoms with Crippen LogP contribution in [0.1, 0.15) is 50.2 Å². The lowest BCUT2D eigenvalue weighted by Gasteiger charge is -2.41. The van der Waals surface area contributed by atoms with Crippen molar-refractivity contribution in [3.63, 3.8) is 0 Å². The molecule has 6 heteroatoms. The number of nitrogens with zero attached hydrogens (tertiary/aromatic N) is 1. The quantitative estimate of drug-likeness (QED) is 0.817. The Bertz CT molecular complexity index is 558. The molecule has 0 heterocycles. The van der Waals surface area contributed by atoms with Crippen molar-refractivity contribution >= 4 is 11.6 Å². The van der Waals surface area contributed by atoms with Gasteiger partial charge in [-0.05, 0) is 57.0 Å². The van der Waals surface area contributed by atoms with E-state index in [0.29, 0.717) is 18.1 Å². The van der Waals surface area contributed by atoms with Gasteiger partial charge < -0.3 is 10.2 Å². The van der Waals surface area contributed by atoms with E-state index in [9.17, 15) is 13.2 Å². The first-order valence-electron chi connectivity index (χ1n) is 8.38. The number of hydrogen-bond acceptors (Lipinski definition) is 2. The predicted octanol–water partition coefficient (Wildman–Crippen LogP) is 4.92. The van der Waals surface area contributed by atoms with Crippen molar-refractivity contribution in [3.05, 3.63) is 34.3 Å². The maximum absolute atomic E-state index is 13.1. The Hall–Kier alpha value is -0.780. The molecule has 0 radical (unpaired) electrons. The van der Waals surface area contributed by atoms with E-state index in [-0.39, 0.29) is 10.9 Å². The summed E-state index contributed by atoms with van der Waals surface area (Å²) in [6, 6.07) is 5.41. The fourth-order valence-corrected chi connectivity index (χ4v) is 3.88. The first-order valence-corrected chi connectivity index (χ1v) is 8.76. The summed E-state index contributed by atoms with van der Waals surface area (Å²) in [6.45, 7) is 4.24. The van der Waals surface area contributed by atoms with Crippen LogP contribution >= 0.6 is 11.6 Å². The highest BCUT2D eigenvalue weighted by molar-refractivity contribution is 6.31. The molecule has 0 spiro atoms. The van der Waals surface area contributed by atoms with Crippen molar-refractivity contribution in [2.45, 2.75) is 63.3 Å². The molecule has 1 fully saturated rings. The minimum Gasteiger partial charge on any atom is -0.310 e. The zero-order valence-electron chi connectivity index (χ0n) is 14.6. The number of alkyl halides is 3. The number of hydrogen-bond donors (Lipinski definition) is 1. The topological polar surface area (TPSA) is 15.3 Å². The van der Waals surface area contributed by atoms with E-state index in [1.54, 1.807) is 6.07 Å². The molecular weight excluding hydrogens is 337 g/mol. The van der Waals surface area contributed by atoms with Crippen LogP contribution in [0, 0.1) is 0 Å². The molecule has 1 aromatic carbocycles. The second-order valence-electron chi connectivity index (χ2n) is 7.21. The summed E-state index contributed by atoms with van der Waals surface area (Å²) in [6.07, 6.45) is -1.73. The van der Waals surface area contributed by atoms with Crippen molar-refractivity contribution in [2.75, 3.05) is 14.1 Å². The van der Waals surface area contributed by atoms with Crippen LogP contribution in [0.5, 0.6) is 0 Å². The molecule has 24 heavy (non-hydrogen) atoms. The van der Waals surface area contributed by atoms with Crippen LogP contribution in [-0.2, 0) is 6.18 Å². The van der Waals surface area contributed by atoms with Gasteiger partial charge in [-0.25, -0.2) is 0 Å². The number of benzene rings is 1. The van der Waals surface area contributed by atoms with E-state index in [1.165, 1.54) is 12.1 Å². The van der Waals surface area contributed by atoms with E-state index in [2.05, 4.69) is 24.1 Å². The lowest BCUT2D eigenvalue weighted by Crippen LogP contribution is -2.52. The van der Waals surface area contributed by atoms with Crippen LogP contribution < -0.4 is 5.32 Å². The molecule has 1 aliphatic carbocycles. The summed E-state index contributed by atoms with van der Waals surface area (Å²) in [5.74, 6) is 0.126. The summed E-state index contributed by atoms with van der Waals surface area (Å²) < 4.78 is 39.3. The van der Waals surface area contributed by atoms with Crippen molar-refractivity contribution in [1.29, 1.82) is 0 Å². The number of halogens is 4. The maximum atomic E-state index is 13.1. The summed E-state index contributed by atoms with van der Waals surface area (Å²) in [5, 5.41) is 3.36. The van der Waals surface area contributed by atoms with Gasteiger partial charge in [-0.15, -0.1) is 0 Å². The lowest BCUT2D eigenvalue weighted by molar-refractivity contribution is -0.137. The third-order valence-electron chi connectivity index (χ3n) is 4.79. The minimum atomic E-state index is -4.41. The van der Waals surface area contributed by atoms with Gasteiger partial charge in [-0.2, -0.15) is 13.2 Å². The molecule has 1 aromatic rings. The minimum absolute atomic E-state index is 0.126. The molecule has 1 N–H and O–H groups in total. The summed E-state index contributed by atoms with van der Waals surface area (Å²) >= 11 is 5.74. The normalized spacial score (nSPS) is 25.5. The Morgan fingerprint density at radius 1 is 1.21 bits per heavy atom. The van der Waals surface area contributed by atoms with Crippen molar-refractivity contribution in [3.8, 4) is 0 Å². The Labute approximate surface area is 147 Å². The standard InChI is InChI=1S/C18H26ClF3N2/c1-11(2)23-16-8-6-13(10-17(16)24(3)4)12-5-7-15(19)14(9-12)18(20,21)22/h5,7,9,11,13,16-17,23H,6,8,10H2,1-4H3/t13-,16-,17-/m0/s1. The van der Waals surface area contributed by atoms with Crippen molar-refractivity contribution < 1.29 is 13.2 Å². The van der Waals surface area contributed by atoms with Crippen molar-refractivity contribution in [2.24, 2.45) is 0 Å². The molecule has 2 rings (SSSR count). The molecule has 0 unspecified atom stereocenters. The average molecular weight is 363 g/mol. The van der Waals surface area contributed by atoms with Gasteiger partial charge in [0.15, 0.2) is 0 Å². The van der Waals surface area contributed by atoms with Crippen LogP contribution in [-0.4, -0.2) is 37.1 Å². The summed E-state index contributed by atoms with van der Waals surface area (Å²) in [5.41, 5.74) is 0.00655. The summed E-state index contributed by atoms with van der Waals surface area (Å²) in [7, 11) is 4.07. The Balaban J connectivity index is 2.22. The number of nitrogens with one attached hydrogen (secondary N) is 1. The zero-order valence-corrected chi connectivity index (χ0v) is 15.4. The summed E-state index contributed by atoms with van der Waals surface area (Å²) in [4.78, 5) is 2.17. The molecule has 136 valence electrons. The van der Waals surface area contributed by atoms with Gasteiger partial charge in [-0.1, -0.05) is 31.5 Å². The molecule has 1 aliphatic rings. The van der Waals surface area contributed by atoms with Gasteiger partial charge in [0, 0.05) is 18.1 Å². The van der Waals surface area contributed by atoms with E-state index >= 15 is 0 Å². The maximum Gasteiger partial charge on any atom is 0.417 e. The second-order valence-corrected chi connectivity index (χ2v) is 7.61. The Kier molecular flexibility index (Phi) is 6.21. The van der Waals surface area contributed by atoms with E-state index in [0.717, 1.165) is 24.8 Å². The van der Waals surface area contributed by atoms with Crippen LogP contribution in [0.3, 0.4) is 0 Å². The molecule has 0 saturated heterocycles. The molecule has 0 amide bonds. The Morgan fingerprint density at radius 3 is 2.42 bits per heavy atom. The largest absolute Gasteiger partial charge is 0.417 e. The molecule has 0 aliphatic heterocycles. The van der Waals surface area contributed by atoms with Gasteiger partial charge in [0.25, 0.3) is 0 Å². The smallest absolute Gasteiger partial charge is 0.310 e. The molecule has 2 nitrogen and oxygen atoms in total. The highest BCUT2D eigenvalue weighted by atomic mass is 35.5. The molecular formula is C18H26ClF3N2. The molecule has 0 aromatic heterocycles. The molecule has 0 bridgehead atoms. The van der Waals surface area contributed by atoms with Crippen LogP contribution in [0.4, 0.5) is 13.2 Å². The first-order chi connectivity index (χ1) is 11.1. The van der Waals surface area contributed by atoms with Crippen LogP contribution in [0.25, 0.3) is 0 Å². The van der Waals surface area contributed by atoms with E-state index in [4.69, 9.17) is 11.6 Å². The third kappa shape index (κ3) is 4.64. The molecule has 1 saturated carbocycles. The first kappa shape index (κ1) is 19.5. The Morgan fingerprint density at radius 2 is 1.88 bits per heavy atom. The SMILES string of the molecule is CC(C)N[C@H]1CC[C@H](c2ccc(Cl)c(C(F)(F)F)c2)C[C@@H]1N(C)C. The highest BCUT2D eigenvalue weighted by Crippen LogP contribution is 2.40. The number of rotatable bonds is 4. The third-order valence-corrected chi connectivity index (χ3v) is 5.12. The van der Waals surface area contributed by atoms with Gasteiger partial charge in [-0.3, -0.25) is 0 Å². The van der Waals surface area contributed by atoms with E-state index < -0.39 is 11.7 Å². The molecule has 3 atom stereocenters. The zero-order chi connectivity index (χ0) is 18.1. The van der Waals surface area contributed by atoms with E-state index in [1.807, 2.05) is 14.1 Å². The predicted molar refractivity (Wildman–Crippen MR) is 92.6 cm³/mol. The van der Waals surface area contributed by atoms with Crippen LogP contribution in [0.15, 0.2) is 18.2 Å². The number of likely N-dealkylation sites (N-methyl/N-ethyl adjacent to an activating group) is 1. The monoisotopic (exact) mass is 362 g/mol. The highest BCUT2D eigenvalue weighted by Gasteiger charge is 2.36. The van der Waals surface area contributed by atoms with Gasteiger partial charge in [0.1, 0.15) is 0 Å². The van der Waals surface area contributed by atoms with Crippen molar-refractivity contribution in [1.82, 2.24) is 10.2 Å². The van der Waals surface area contributed by atoms with Crippen LogP contribution in [0.2, 0.25) is 5.02 Å². The fourth-order valence-electron chi connectivity index (χ4n) is 3.66. The van der Waals surface area contributed by atoms with Gasteiger partial charge >= 0.3 is 6.18 Å². The lowest BCUT2D eigenvalue weighted by atomic mass is 9.77. The fraction of sp³-hybridized carbons (Fsp3) is 0.667. The van der Waals surface area contributed by atoms with Gasteiger partial charge in [0.2, 0.25) is 0 Å². The second kappa shape index (κ2) is 7.63. The average Bonchev–Trinajstić information content (AvgIpc) is 2.46.